The number of nitrogens with one attached hydrogen (secondary N) is 1. The molecule has 1 aliphatic heterocycles. The SMILES string of the molecule is [B][P@](=O)(OC[C@H]1O[C@@H]([n+]2cn(C)c3c(=O)[nH]c(N)nc32)[C@H](O)[C@@H]1O)OP(=O)([O-])OP(=O)(O)O. The van der Waals surface area contributed by atoms with Crippen LogP contribution in [0, 0.1) is 0 Å². The van der Waals surface area contributed by atoms with Crippen molar-refractivity contribution >= 4 is 47.8 Å². The number of imidazole rings is 1. The largest absolute Gasteiger partial charge is 0.756 e. The number of aromatic nitrogens is 4. The molecule has 0 bridgehead atoms. The molecule has 1 unspecified atom stereocenters. The maximum Gasteiger partial charge on any atom is 0.476 e. The minimum Gasteiger partial charge on any atom is -0.756 e. The predicted molar refractivity (Wildman–Crippen MR) is 103 cm³/mol. The topological polar surface area (TPSA) is 273 Å². The van der Waals surface area contributed by atoms with Crippen LogP contribution in [0.4, 0.5) is 5.95 Å². The average Bonchev–Trinajstić information content (AvgIpc) is 3.07. The molecule has 0 saturated carbocycles. The molecule has 0 aliphatic carbocycles. The molecule has 0 amide bonds. The van der Waals surface area contributed by atoms with Crippen molar-refractivity contribution in [1.29, 1.82) is 0 Å². The lowest BCUT2D eigenvalue weighted by Gasteiger charge is -2.26. The number of nitrogens with two attached hydrogens (primary N) is 1. The van der Waals surface area contributed by atoms with Gasteiger partial charge in [0.05, 0.1) is 13.7 Å². The zero-order chi connectivity index (χ0) is 24.9. The van der Waals surface area contributed by atoms with Gasteiger partial charge in [0.25, 0.3) is 26.8 Å². The highest BCUT2D eigenvalue weighted by molar-refractivity contribution is 7.84. The molecule has 3 rings (SSSR count). The molecule has 2 aromatic rings. The Balaban J connectivity index is 1.76. The van der Waals surface area contributed by atoms with E-state index in [-0.39, 0.29) is 17.1 Å². The average molecular weight is 531 g/mol. The highest BCUT2D eigenvalue weighted by atomic mass is 31.3. The normalized spacial score (nSPS) is 27.5. The van der Waals surface area contributed by atoms with Crippen molar-refractivity contribution in [2.75, 3.05) is 12.3 Å². The standard InChI is InChI=1S/C11H17BN5O13P3/c1-16-3-17(8-5(16)9(20)15-11(13)14-8)10-7(19)6(18)4(28-10)2-27-31(12,21)29-33(25,26)30-32(22,23)24/h3-4,6-7,10,18-19H,2H2,1H3,(H5-,13,14,15,20,22,23,24,25,26)/t4-,6-,7-,10-,31+/m1/s1. The van der Waals surface area contributed by atoms with Crippen molar-refractivity contribution in [3.05, 3.63) is 16.7 Å². The molecule has 2 aromatic heterocycles. The minimum atomic E-state index is -5.86. The van der Waals surface area contributed by atoms with Gasteiger partial charge < -0.3 is 39.9 Å². The van der Waals surface area contributed by atoms with Crippen LogP contribution in [0.25, 0.3) is 11.2 Å². The summed E-state index contributed by atoms with van der Waals surface area (Å²) in [5, 5.41) is 20.6. The van der Waals surface area contributed by atoms with Crippen molar-refractivity contribution < 1.29 is 61.0 Å². The van der Waals surface area contributed by atoms with Crippen molar-refractivity contribution in [3.63, 3.8) is 0 Å². The molecule has 33 heavy (non-hydrogen) atoms. The van der Waals surface area contributed by atoms with Crippen LogP contribution < -0.4 is 20.8 Å². The maximum absolute atomic E-state index is 12.1. The lowest BCUT2D eigenvalue weighted by molar-refractivity contribution is -0.745. The molecule has 18 nitrogen and oxygen atoms in total. The van der Waals surface area contributed by atoms with Crippen molar-refractivity contribution in [3.8, 4) is 0 Å². The lowest BCUT2D eigenvalue weighted by atomic mass is 10.1. The van der Waals surface area contributed by atoms with Gasteiger partial charge in [-0.2, -0.15) is 0 Å². The number of hydrogen-bond acceptors (Lipinski definition) is 13. The number of aliphatic hydroxyl groups excluding tert-OH is 2. The molecule has 6 atom stereocenters. The van der Waals surface area contributed by atoms with Gasteiger partial charge in [-0.25, -0.2) is 17.8 Å². The predicted octanol–water partition coefficient (Wildman–Crippen LogP) is -3.36. The first-order chi connectivity index (χ1) is 15.0. The first kappa shape index (κ1) is 26.2. The van der Waals surface area contributed by atoms with Gasteiger partial charge in [0.15, 0.2) is 6.33 Å². The highest BCUT2D eigenvalue weighted by Gasteiger charge is 2.47. The second-order valence-corrected chi connectivity index (χ2v) is 11.3. The number of aryl methyl sites for hydroxylation is 1. The molecule has 22 heteroatoms. The Morgan fingerprint density at radius 3 is 2.58 bits per heavy atom. The number of hydrogen-bond donors (Lipinski definition) is 6. The van der Waals surface area contributed by atoms with Crippen LogP contribution in [0.5, 0.6) is 0 Å². The van der Waals surface area contributed by atoms with E-state index in [0.717, 1.165) is 0 Å². The first-order valence-electron chi connectivity index (χ1n) is 8.60. The zero-order valence-electron chi connectivity index (χ0n) is 16.4. The van der Waals surface area contributed by atoms with E-state index in [1.807, 2.05) is 0 Å². The minimum absolute atomic E-state index is 0.00808. The molecular weight excluding hydrogens is 514 g/mol. The number of anilines is 1. The van der Waals surface area contributed by atoms with E-state index in [1.54, 1.807) is 0 Å². The van der Waals surface area contributed by atoms with E-state index in [2.05, 4.69) is 23.1 Å². The fraction of sp³-hybridized carbons (Fsp3) is 0.545. The summed E-state index contributed by atoms with van der Waals surface area (Å²) in [6.07, 6.45) is -4.82. The fourth-order valence-corrected chi connectivity index (χ4v) is 6.13. The van der Waals surface area contributed by atoms with Crippen LogP contribution in [0.3, 0.4) is 0 Å². The number of fused-ring (bicyclic) bond motifs is 1. The summed E-state index contributed by atoms with van der Waals surface area (Å²) in [6.45, 7) is -0.903. The van der Waals surface area contributed by atoms with Gasteiger partial charge in [0.1, 0.15) is 18.3 Å². The number of H-pyrrole nitrogens is 1. The molecule has 1 fully saturated rings. The van der Waals surface area contributed by atoms with Crippen LogP contribution in [-0.4, -0.2) is 67.0 Å². The summed E-state index contributed by atoms with van der Waals surface area (Å²) in [4.78, 5) is 46.8. The summed E-state index contributed by atoms with van der Waals surface area (Å²) in [5.41, 5.74) is 5.01. The Hall–Kier alpha value is -1.46. The Kier molecular flexibility index (Phi) is 7.10. The molecule has 0 spiro atoms. The van der Waals surface area contributed by atoms with Gasteiger partial charge in [0, 0.05) is 0 Å². The monoisotopic (exact) mass is 531 g/mol. The summed E-state index contributed by atoms with van der Waals surface area (Å²) >= 11 is 0. The number of ether oxygens (including phenoxy) is 1. The second kappa shape index (κ2) is 8.96. The maximum atomic E-state index is 12.1. The van der Waals surface area contributed by atoms with Crippen molar-refractivity contribution in [2.45, 2.75) is 24.5 Å². The van der Waals surface area contributed by atoms with E-state index in [4.69, 9.17) is 27.8 Å². The number of aliphatic hydroxyl groups is 2. The highest BCUT2D eigenvalue weighted by Crippen LogP contribution is 2.63. The third kappa shape index (κ3) is 5.97. The molecule has 1 saturated heterocycles. The third-order valence-corrected chi connectivity index (χ3v) is 8.11. The summed E-state index contributed by atoms with van der Waals surface area (Å²) in [5.74, 6) is -0.235. The summed E-state index contributed by atoms with van der Waals surface area (Å²) in [6, 6.07) is 0. The molecule has 1 aliphatic rings. The van der Waals surface area contributed by atoms with Crippen LogP contribution >= 0.6 is 23.1 Å². The Labute approximate surface area is 184 Å². The first-order valence-corrected chi connectivity index (χ1v) is 13.2. The number of phosphoric acid groups is 2. The van der Waals surface area contributed by atoms with Crippen LogP contribution in [0.1, 0.15) is 6.23 Å². The zero-order valence-corrected chi connectivity index (χ0v) is 19.1. The van der Waals surface area contributed by atoms with Crippen molar-refractivity contribution in [2.24, 2.45) is 7.05 Å². The smallest absolute Gasteiger partial charge is 0.476 e. The second-order valence-electron chi connectivity index (χ2n) is 6.74. The summed E-state index contributed by atoms with van der Waals surface area (Å²) < 4.78 is 53.8. The number of rotatable bonds is 8. The van der Waals surface area contributed by atoms with Gasteiger partial charge in [0.2, 0.25) is 19.3 Å². The van der Waals surface area contributed by atoms with Gasteiger partial charge in [-0.15, -0.1) is 0 Å². The van der Waals surface area contributed by atoms with E-state index >= 15 is 0 Å². The third-order valence-electron chi connectivity index (χ3n) is 4.24. The summed E-state index contributed by atoms with van der Waals surface area (Å²) in [7, 11) is -9.91. The Morgan fingerprint density at radius 1 is 1.33 bits per heavy atom. The van der Waals surface area contributed by atoms with Gasteiger partial charge in [-0.3, -0.25) is 23.5 Å². The molecule has 182 valence electrons. The molecular formula is C11H17BN5O13P3. The molecule has 3 heterocycles. The van der Waals surface area contributed by atoms with E-state index in [0.29, 0.717) is 0 Å². The van der Waals surface area contributed by atoms with Crippen LogP contribution in [0.2, 0.25) is 0 Å². The Morgan fingerprint density at radius 2 is 1.97 bits per heavy atom. The molecule has 2 radical (unpaired) electrons. The number of nitrogen functional groups attached to an aromatic ring is 1. The van der Waals surface area contributed by atoms with Crippen LogP contribution in [0.15, 0.2) is 11.1 Å². The van der Waals surface area contributed by atoms with E-state index < -0.39 is 59.8 Å². The quantitative estimate of drug-likeness (QED) is 0.110. The lowest BCUT2D eigenvalue weighted by Crippen LogP contribution is -2.46. The van der Waals surface area contributed by atoms with Gasteiger partial charge in [-0.05, 0) is 0 Å². The van der Waals surface area contributed by atoms with Gasteiger partial charge >= 0.3 is 13.5 Å². The van der Waals surface area contributed by atoms with Crippen molar-refractivity contribution in [1.82, 2.24) is 14.5 Å². The Bertz CT molecular complexity index is 1260. The number of aromatic amines is 1. The number of nitrogens with zero attached hydrogens (tertiary/aromatic N) is 3. The van der Waals surface area contributed by atoms with E-state index in [9.17, 15) is 33.6 Å². The van der Waals surface area contributed by atoms with Crippen LogP contribution in [-0.2, 0) is 38.6 Å². The molecule has 7 N–H and O–H groups in total. The van der Waals surface area contributed by atoms with E-state index in [1.165, 1.54) is 22.5 Å². The molecule has 0 aromatic carbocycles. The fourth-order valence-electron chi connectivity index (χ4n) is 3.04. The van der Waals surface area contributed by atoms with Gasteiger partial charge in [-0.1, -0.05) is 4.98 Å².